The molecule has 0 N–H and O–H groups in total. The van der Waals surface area contributed by atoms with Crippen molar-refractivity contribution in [3.8, 4) is 0 Å². The molecule has 0 unspecified atom stereocenters. The molecule has 5 rings (SSSR count). The smallest absolute Gasteiger partial charge is 0.244 e. The third-order valence-electron chi connectivity index (χ3n) is 7.53. The Balaban J connectivity index is 1.39. The predicted octanol–water partition coefficient (Wildman–Crippen LogP) is 2.97. The lowest BCUT2D eigenvalue weighted by atomic mass is 9.70. The Morgan fingerprint density at radius 3 is 2.65 bits per heavy atom. The molecular weight excluding hydrogens is 388 g/mol. The van der Waals surface area contributed by atoms with Gasteiger partial charge in [-0.1, -0.05) is 30.3 Å². The second-order valence-electron chi connectivity index (χ2n) is 9.66. The normalized spacial score (nSPS) is 27.9. The van der Waals surface area contributed by atoms with Crippen molar-refractivity contribution in [3.63, 3.8) is 0 Å². The molecule has 3 saturated heterocycles. The van der Waals surface area contributed by atoms with Crippen LogP contribution in [0.15, 0.2) is 36.4 Å². The Kier molecular flexibility index (Phi) is 5.32. The van der Waals surface area contributed by atoms with Gasteiger partial charge in [-0.05, 0) is 63.0 Å². The van der Waals surface area contributed by atoms with E-state index in [2.05, 4.69) is 39.2 Å². The molecule has 1 aromatic carbocycles. The van der Waals surface area contributed by atoms with Crippen LogP contribution in [0.25, 0.3) is 0 Å². The summed E-state index contributed by atoms with van der Waals surface area (Å²) < 4.78 is 1.82. The van der Waals surface area contributed by atoms with Crippen molar-refractivity contribution < 1.29 is 9.59 Å². The topological polar surface area (TPSA) is 58.4 Å². The summed E-state index contributed by atoms with van der Waals surface area (Å²) in [5, 5.41) is 4.48. The molecular formula is C25H32N4O2. The van der Waals surface area contributed by atoms with Crippen LogP contribution in [0.2, 0.25) is 0 Å². The molecule has 0 radical (unpaired) electrons. The van der Waals surface area contributed by atoms with Crippen LogP contribution in [0.3, 0.4) is 0 Å². The van der Waals surface area contributed by atoms with Crippen LogP contribution in [0.4, 0.5) is 0 Å². The highest BCUT2D eigenvalue weighted by Crippen LogP contribution is 2.42. The Morgan fingerprint density at radius 2 is 1.90 bits per heavy atom. The number of likely N-dealkylation sites (tertiary alicyclic amines) is 1. The van der Waals surface area contributed by atoms with Gasteiger partial charge in [-0.15, -0.1) is 0 Å². The summed E-state index contributed by atoms with van der Waals surface area (Å²) >= 11 is 0. The first-order valence-corrected chi connectivity index (χ1v) is 11.6. The summed E-state index contributed by atoms with van der Waals surface area (Å²) in [7, 11) is 0. The van der Waals surface area contributed by atoms with Gasteiger partial charge in [0.25, 0.3) is 0 Å². The van der Waals surface area contributed by atoms with Gasteiger partial charge in [0.15, 0.2) is 0 Å². The fourth-order valence-corrected chi connectivity index (χ4v) is 6.16. The number of aryl methyl sites for hydroxylation is 2. The summed E-state index contributed by atoms with van der Waals surface area (Å²) in [6.07, 6.45) is 4.70. The van der Waals surface area contributed by atoms with Crippen LogP contribution in [0.5, 0.6) is 0 Å². The fourth-order valence-electron chi connectivity index (χ4n) is 6.16. The number of benzene rings is 1. The van der Waals surface area contributed by atoms with E-state index in [1.54, 1.807) is 0 Å². The van der Waals surface area contributed by atoms with Gasteiger partial charge in [0.1, 0.15) is 6.54 Å². The number of fused-ring (bicyclic) bond motifs is 4. The van der Waals surface area contributed by atoms with Crippen molar-refractivity contribution in [2.75, 3.05) is 13.1 Å². The van der Waals surface area contributed by atoms with E-state index in [0.717, 1.165) is 50.2 Å². The van der Waals surface area contributed by atoms with Crippen LogP contribution >= 0.6 is 0 Å². The first kappa shape index (κ1) is 20.3. The first-order valence-electron chi connectivity index (χ1n) is 11.6. The molecule has 3 aliphatic rings. The lowest BCUT2D eigenvalue weighted by Gasteiger charge is -2.56. The van der Waals surface area contributed by atoms with E-state index < -0.39 is 0 Å². The van der Waals surface area contributed by atoms with Gasteiger partial charge < -0.3 is 9.80 Å². The minimum Gasteiger partial charge on any atom is -0.340 e. The highest BCUT2D eigenvalue weighted by atomic mass is 16.2. The molecule has 31 heavy (non-hydrogen) atoms. The van der Waals surface area contributed by atoms with Gasteiger partial charge in [0.2, 0.25) is 11.8 Å². The van der Waals surface area contributed by atoms with Crippen LogP contribution in [-0.4, -0.2) is 56.6 Å². The monoisotopic (exact) mass is 420 g/mol. The van der Waals surface area contributed by atoms with Gasteiger partial charge in [0.05, 0.1) is 5.69 Å². The van der Waals surface area contributed by atoms with Gasteiger partial charge in [0, 0.05) is 37.3 Å². The van der Waals surface area contributed by atoms with Crippen molar-refractivity contribution in [1.29, 1.82) is 0 Å². The van der Waals surface area contributed by atoms with Crippen LogP contribution in [0, 0.1) is 25.7 Å². The molecule has 2 aromatic rings. The lowest BCUT2D eigenvalue weighted by molar-refractivity contribution is -0.156. The van der Waals surface area contributed by atoms with Crippen molar-refractivity contribution in [3.05, 3.63) is 53.3 Å². The Labute approximate surface area is 184 Å². The van der Waals surface area contributed by atoms with Gasteiger partial charge in [-0.2, -0.15) is 5.10 Å². The number of rotatable bonds is 4. The molecule has 0 spiro atoms. The highest BCUT2D eigenvalue weighted by Gasteiger charge is 2.49. The van der Waals surface area contributed by atoms with E-state index in [1.807, 2.05) is 30.7 Å². The molecule has 6 heteroatoms. The number of amides is 2. The molecule has 2 amide bonds. The third-order valence-corrected chi connectivity index (χ3v) is 7.53. The summed E-state index contributed by atoms with van der Waals surface area (Å²) in [6.45, 7) is 5.77. The van der Waals surface area contributed by atoms with Crippen molar-refractivity contribution in [1.82, 2.24) is 19.6 Å². The molecule has 2 bridgehead atoms. The largest absolute Gasteiger partial charge is 0.340 e. The predicted molar refractivity (Wildman–Crippen MR) is 118 cm³/mol. The second-order valence-corrected chi connectivity index (χ2v) is 9.66. The number of carbonyl (C=O) groups is 2. The maximum Gasteiger partial charge on any atom is 0.244 e. The van der Waals surface area contributed by atoms with E-state index in [-0.39, 0.29) is 18.0 Å². The average Bonchev–Trinajstić information content (AvgIpc) is 3.08. The third kappa shape index (κ3) is 3.88. The van der Waals surface area contributed by atoms with Crippen LogP contribution in [-0.2, 0) is 22.6 Å². The minimum atomic E-state index is 0.148. The van der Waals surface area contributed by atoms with E-state index in [4.69, 9.17) is 0 Å². The highest BCUT2D eigenvalue weighted by molar-refractivity contribution is 5.79. The summed E-state index contributed by atoms with van der Waals surface area (Å²) in [6, 6.07) is 13.0. The number of hydrogen-bond donors (Lipinski definition) is 0. The van der Waals surface area contributed by atoms with Crippen molar-refractivity contribution in [2.45, 2.75) is 64.6 Å². The van der Waals surface area contributed by atoms with Gasteiger partial charge >= 0.3 is 0 Å². The SMILES string of the molecule is Cc1cc(C)n(CC(=O)N2C[C@H]3C[C@@H](C2)[C@H](Cc2ccccc2)N2C(=O)CCC[C@@H]32)n1. The summed E-state index contributed by atoms with van der Waals surface area (Å²) in [5.74, 6) is 1.19. The van der Waals surface area contributed by atoms with Crippen LogP contribution < -0.4 is 0 Å². The minimum absolute atomic E-state index is 0.148. The zero-order valence-electron chi connectivity index (χ0n) is 18.5. The van der Waals surface area contributed by atoms with Crippen LogP contribution in [0.1, 0.15) is 42.6 Å². The molecule has 6 nitrogen and oxygen atoms in total. The molecule has 4 heterocycles. The molecule has 4 atom stereocenters. The fraction of sp³-hybridized carbons (Fsp3) is 0.560. The molecule has 3 aliphatic heterocycles. The lowest BCUT2D eigenvalue weighted by Crippen LogP contribution is -2.66. The Bertz CT molecular complexity index is 969. The quantitative estimate of drug-likeness (QED) is 0.764. The first-order chi connectivity index (χ1) is 15.0. The summed E-state index contributed by atoms with van der Waals surface area (Å²) in [5.41, 5.74) is 3.24. The molecule has 3 fully saturated rings. The van der Waals surface area contributed by atoms with E-state index in [9.17, 15) is 9.59 Å². The van der Waals surface area contributed by atoms with Gasteiger partial charge in [-0.25, -0.2) is 0 Å². The Morgan fingerprint density at radius 1 is 1.13 bits per heavy atom. The maximum absolute atomic E-state index is 13.2. The Hall–Kier alpha value is -2.63. The number of nitrogens with zero attached hydrogens (tertiary/aromatic N) is 4. The number of hydrogen-bond acceptors (Lipinski definition) is 3. The van der Waals surface area contributed by atoms with Gasteiger partial charge in [-0.3, -0.25) is 14.3 Å². The average molecular weight is 421 g/mol. The second kappa shape index (κ2) is 8.13. The van der Waals surface area contributed by atoms with Crippen molar-refractivity contribution in [2.24, 2.45) is 11.8 Å². The van der Waals surface area contributed by atoms with E-state index >= 15 is 0 Å². The number of carbonyl (C=O) groups excluding carboxylic acids is 2. The van der Waals surface area contributed by atoms with E-state index in [0.29, 0.717) is 30.7 Å². The maximum atomic E-state index is 13.2. The van der Waals surface area contributed by atoms with Crippen molar-refractivity contribution >= 4 is 11.8 Å². The molecule has 0 saturated carbocycles. The molecule has 1 aromatic heterocycles. The standard InChI is InChI=1S/C25H32N4O2/c1-17-11-18(2)28(26-17)16-25(31)27-14-20-13-21(15-27)23(12-19-7-4-3-5-8-19)29-22(20)9-6-10-24(29)30/h3-5,7-8,11,20-23H,6,9-10,12-16H2,1-2H3/t20-,21+,22+,23+/m1/s1. The van der Waals surface area contributed by atoms with E-state index in [1.165, 1.54) is 5.56 Å². The number of piperidine rings is 3. The molecule has 0 aliphatic carbocycles. The summed E-state index contributed by atoms with van der Waals surface area (Å²) in [4.78, 5) is 30.5. The zero-order chi connectivity index (χ0) is 21.5. The molecule has 164 valence electrons. The number of aromatic nitrogens is 2. The zero-order valence-corrected chi connectivity index (χ0v) is 18.5.